The second kappa shape index (κ2) is 7.01. The molecule has 0 bridgehead atoms. The molecule has 4 nitrogen and oxygen atoms in total. The zero-order chi connectivity index (χ0) is 18.8. The summed E-state index contributed by atoms with van der Waals surface area (Å²) in [5.41, 5.74) is -1.17. The molecule has 0 fully saturated rings. The van der Waals surface area contributed by atoms with E-state index in [2.05, 4.69) is 0 Å². The van der Waals surface area contributed by atoms with Crippen LogP contribution < -0.4 is 0 Å². The maximum absolute atomic E-state index is 14.0. The van der Waals surface area contributed by atoms with Crippen molar-refractivity contribution in [2.24, 2.45) is 0 Å². The molecule has 0 aromatic heterocycles. The highest BCUT2D eigenvalue weighted by molar-refractivity contribution is 5.99. The zero-order valence-corrected chi connectivity index (χ0v) is 14.6. The predicted molar refractivity (Wildman–Crippen MR) is 90.8 cm³/mol. The number of nitrogens with zero attached hydrogens (tertiary/aromatic N) is 2. The van der Waals surface area contributed by atoms with Gasteiger partial charge < -0.3 is 0 Å². The maximum atomic E-state index is 14.0. The number of amides is 2. The Balaban J connectivity index is 2.45. The van der Waals surface area contributed by atoms with E-state index in [0.717, 1.165) is 10.0 Å². The molecule has 132 valence electrons. The third-order valence-electron chi connectivity index (χ3n) is 3.63. The van der Waals surface area contributed by atoms with Crippen LogP contribution in [0.25, 0.3) is 0 Å². The van der Waals surface area contributed by atoms with Gasteiger partial charge in [0.1, 0.15) is 11.6 Å². The Labute approximate surface area is 145 Å². The van der Waals surface area contributed by atoms with Crippen LogP contribution in [-0.2, 0) is 0 Å². The van der Waals surface area contributed by atoms with Gasteiger partial charge in [0.05, 0.1) is 16.7 Å². The molecular weight excluding hydrogens is 326 g/mol. The second-order valence-corrected chi connectivity index (χ2v) is 6.58. The fraction of sp³-hybridized carbons (Fsp3) is 0.263. The highest BCUT2D eigenvalue weighted by Crippen LogP contribution is 2.22. The van der Waals surface area contributed by atoms with Crippen molar-refractivity contribution < 1.29 is 18.4 Å². The quantitative estimate of drug-likeness (QED) is 0.774. The predicted octanol–water partition coefficient (Wildman–Crippen LogP) is 3.89. The number of rotatable bonds is 2. The molecule has 0 aliphatic rings. The lowest BCUT2D eigenvalue weighted by Gasteiger charge is -2.41. The molecule has 0 spiro atoms. The van der Waals surface area contributed by atoms with Gasteiger partial charge in [-0.05, 0) is 45.0 Å². The SMILES string of the molecule is CN(C(=O)c1ccccc1F)N(C(=O)c1ccccc1F)C(C)(C)C. The molecule has 0 unspecified atom stereocenters. The largest absolute Gasteiger partial charge is 0.275 e. The molecule has 0 aliphatic carbocycles. The fourth-order valence-electron chi connectivity index (χ4n) is 2.54. The van der Waals surface area contributed by atoms with Crippen LogP contribution >= 0.6 is 0 Å². The average molecular weight is 346 g/mol. The molecule has 0 N–H and O–H groups in total. The lowest BCUT2D eigenvalue weighted by Crippen LogP contribution is -2.56. The summed E-state index contributed by atoms with van der Waals surface area (Å²) >= 11 is 0. The van der Waals surface area contributed by atoms with Crippen molar-refractivity contribution in [3.63, 3.8) is 0 Å². The molecule has 0 saturated heterocycles. The van der Waals surface area contributed by atoms with Crippen molar-refractivity contribution in [3.8, 4) is 0 Å². The van der Waals surface area contributed by atoms with Crippen molar-refractivity contribution in [2.75, 3.05) is 7.05 Å². The third-order valence-corrected chi connectivity index (χ3v) is 3.63. The van der Waals surface area contributed by atoms with Crippen molar-refractivity contribution in [3.05, 3.63) is 71.3 Å². The minimum atomic E-state index is -0.838. The van der Waals surface area contributed by atoms with Crippen LogP contribution in [-0.4, -0.2) is 34.4 Å². The number of hydrazine groups is 1. The van der Waals surface area contributed by atoms with Gasteiger partial charge in [0.25, 0.3) is 11.8 Å². The van der Waals surface area contributed by atoms with Crippen LogP contribution in [0.1, 0.15) is 41.5 Å². The third kappa shape index (κ3) is 3.84. The minimum absolute atomic E-state index is 0.161. The summed E-state index contributed by atoms with van der Waals surface area (Å²) in [4.78, 5) is 25.5. The monoisotopic (exact) mass is 346 g/mol. The molecule has 2 aromatic rings. The first-order valence-corrected chi connectivity index (χ1v) is 7.76. The van der Waals surface area contributed by atoms with Gasteiger partial charge in [-0.15, -0.1) is 0 Å². The molecule has 6 heteroatoms. The Bertz CT molecular complexity index is 800. The average Bonchev–Trinajstić information content (AvgIpc) is 2.53. The maximum Gasteiger partial charge on any atom is 0.275 e. The molecule has 0 saturated carbocycles. The van der Waals surface area contributed by atoms with E-state index >= 15 is 0 Å². The number of carbonyl (C=O) groups is 2. The number of hydrogen-bond acceptors (Lipinski definition) is 2. The van der Waals surface area contributed by atoms with Gasteiger partial charge in [-0.3, -0.25) is 9.59 Å². The lowest BCUT2D eigenvalue weighted by molar-refractivity contribution is -0.0313. The second-order valence-electron chi connectivity index (χ2n) is 6.58. The minimum Gasteiger partial charge on any atom is -0.267 e. The Morgan fingerprint density at radius 2 is 1.20 bits per heavy atom. The van der Waals surface area contributed by atoms with Gasteiger partial charge in [-0.2, -0.15) is 0 Å². The molecular formula is C19H20F2N2O2. The normalized spacial score (nSPS) is 11.1. The van der Waals surface area contributed by atoms with E-state index in [-0.39, 0.29) is 11.1 Å². The number of benzene rings is 2. The van der Waals surface area contributed by atoms with Gasteiger partial charge in [0.15, 0.2) is 0 Å². The summed E-state index contributed by atoms with van der Waals surface area (Å²) in [5, 5.41) is 2.15. The van der Waals surface area contributed by atoms with Crippen molar-refractivity contribution >= 4 is 11.8 Å². The first-order chi connectivity index (χ1) is 11.6. The Morgan fingerprint density at radius 1 is 0.800 bits per heavy atom. The summed E-state index contributed by atoms with van der Waals surface area (Å²) in [7, 11) is 1.36. The van der Waals surface area contributed by atoms with Crippen LogP contribution in [0.4, 0.5) is 8.78 Å². The molecule has 0 radical (unpaired) electrons. The van der Waals surface area contributed by atoms with E-state index in [1.165, 1.54) is 55.6 Å². The molecule has 0 heterocycles. The van der Waals surface area contributed by atoms with Crippen molar-refractivity contribution in [1.29, 1.82) is 0 Å². The first-order valence-electron chi connectivity index (χ1n) is 7.76. The lowest BCUT2D eigenvalue weighted by atomic mass is 10.1. The topological polar surface area (TPSA) is 40.6 Å². The van der Waals surface area contributed by atoms with E-state index in [9.17, 15) is 18.4 Å². The first kappa shape index (κ1) is 18.6. The molecule has 0 aliphatic heterocycles. The van der Waals surface area contributed by atoms with Crippen LogP contribution in [0.15, 0.2) is 48.5 Å². The van der Waals surface area contributed by atoms with Gasteiger partial charge in [0, 0.05) is 7.05 Å². The van der Waals surface area contributed by atoms with E-state index in [1.807, 2.05) is 0 Å². The number of halogens is 2. The smallest absolute Gasteiger partial charge is 0.267 e. The fourth-order valence-corrected chi connectivity index (χ4v) is 2.54. The Hall–Kier alpha value is -2.76. The Morgan fingerprint density at radius 3 is 1.60 bits per heavy atom. The number of hydrogen-bond donors (Lipinski definition) is 0. The van der Waals surface area contributed by atoms with E-state index < -0.39 is 29.0 Å². The van der Waals surface area contributed by atoms with Gasteiger partial charge in [-0.1, -0.05) is 24.3 Å². The van der Waals surface area contributed by atoms with Crippen molar-refractivity contribution in [2.45, 2.75) is 26.3 Å². The molecule has 2 amide bonds. The summed E-state index contributed by atoms with van der Waals surface area (Å²) in [5.74, 6) is -2.75. The summed E-state index contributed by atoms with van der Waals surface area (Å²) in [6.45, 7) is 5.12. The van der Waals surface area contributed by atoms with Gasteiger partial charge in [-0.25, -0.2) is 18.8 Å². The van der Waals surface area contributed by atoms with Gasteiger partial charge in [0.2, 0.25) is 0 Å². The van der Waals surface area contributed by atoms with E-state index in [0.29, 0.717) is 0 Å². The van der Waals surface area contributed by atoms with E-state index in [1.54, 1.807) is 20.8 Å². The molecule has 25 heavy (non-hydrogen) atoms. The highest BCUT2D eigenvalue weighted by Gasteiger charge is 2.35. The summed E-state index contributed by atoms with van der Waals surface area (Å²) in [6.07, 6.45) is 0. The van der Waals surface area contributed by atoms with Crippen LogP contribution in [0.3, 0.4) is 0 Å². The van der Waals surface area contributed by atoms with E-state index in [4.69, 9.17) is 0 Å². The van der Waals surface area contributed by atoms with Crippen LogP contribution in [0.2, 0.25) is 0 Å². The molecule has 2 rings (SSSR count). The molecule has 0 atom stereocenters. The molecule has 2 aromatic carbocycles. The number of carbonyl (C=O) groups excluding carboxylic acids is 2. The van der Waals surface area contributed by atoms with Crippen LogP contribution in [0.5, 0.6) is 0 Å². The Kier molecular flexibility index (Phi) is 5.21. The van der Waals surface area contributed by atoms with Gasteiger partial charge >= 0.3 is 0 Å². The summed E-state index contributed by atoms with van der Waals surface area (Å²) in [6, 6.07) is 11.0. The summed E-state index contributed by atoms with van der Waals surface area (Å²) < 4.78 is 28.0. The highest BCUT2D eigenvalue weighted by atomic mass is 19.1. The zero-order valence-electron chi connectivity index (χ0n) is 14.6. The van der Waals surface area contributed by atoms with Crippen molar-refractivity contribution in [1.82, 2.24) is 10.0 Å². The van der Waals surface area contributed by atoms with Crippen LogP contribution in [0, 0.1) is 11.6 Å². The standard InChI is InChI=1S/C19H20F2N2O2/c1-19(2,3)23(18(25)14-10-6-8-12-16(14)21)22(4)17(24)13-9-5-7-11-15(13)20/h5-12H,1-4H3.